The van der Waals surface area contributed by atoms with Gasteiger partial charge in [0.1, 0.15) is 23.1 Å². The van der Waals surface area contributed by atoms with Crippen molar-refractivity contribution in [2.75, 3.05) is 13.7 Å². The van der Waals surface area contributed by atoms with Crippen LogP contribution in [0.5, 0.6) is 11.5 Å². The Morgan fingerprint density at radius 1 is 0.966 bits per heavy atom. The normalized spacial score (nSPS) is 11.4. The van der Waals surface area contributed by atoms with Crippen LogP contribution in [0.3, 0.4) is 0 Å². The van der Waals surface area contributed by atoms with Crippen LogP contribution in [-0.4, -0.2) is 37.6 Å². The highest BCUT2D eigenvalue weighted by molar-refractivity contribution is 5.94. The van der Waals surface area contributed by atoms with E-state index in [9.17, 15) is 14.4 Å². The maximum atomic E-state index is 12.4. The lowest BCUT2D eigenvalue weighted by Crippen LogP contribution is -2.44. The smallest absolute Gasteiger partial charge is 0.342 e. The van der Waals surface area contributed by atoms with Crippen molar-refractivity contribution in [1.29, 1.82) is 0 Å². The van der Waals surface area contributed by atoms with Crippen molar-refractivity contribution in [3.8, 4) is 11.5 Å². The first-order valence-electron chi connectivity index (χ1n) is 9.27. The summed E-state index contributed by atoms with van der Waals surface area (Å²) in [6.07, 6.45) is 0.417. The molecule has 2 aromatic rings. The quantitative estimate of drug-likeness (QED) is 0.651. The van der Waals surface area contributed by atoms with Gasteiger partial charge in [-0.25, -0.2) is 9.59 Å². The Bertz CT molecular complexity index is 834. The predicted molar refractivity (Wildman–Crippen MR) is 107 cm³/mol. The zero-order valence-corrected chi connectivity index (χ0v) is 16.7. The standard InChI is InChI=1S/C22H25NO6/c1-15(2)13-18(22(26)27-3)23-20(24)14-28-21(25)17-11-7-8-12-19(17)29-16-9-5-4-6-10-16/h4-12,15,18H,13-14H2,1-3H3,(H,23,24)/t18-/m1/s1. The van der Waals surface area contributed by atoms with Crippen molar-refractivity contribution < 1.29 is 28.6 Å². The van der Waals surface area contributed by atoms with Crippen LogP contribution in [0.1, 0.15) is 30.6 Å². The SMILES string of the molecule is COC(=O)[C@@H](CC(C)C)NC(=O)COC(=O)c1ccccc1Oc1ccccc1. The molecular weight excluding hydrogens is 374 g/mol. The van der Waals surface area contributed by atoms with Crippen LogP contribution in [-0.2, 0) is 19.1 Å². The molecule has 1 N–H and O–H groups in total. The molecule has 0 aliphatic rings. The summed E-state index contributed by atoms with van der Waals surface area (Å²) in [7, 11) is 1.26. The van der Waals surface area contributed by atoms with Crippen LogP contribution in [0.15, 0.2) is 54.6 Å². The lowest BCUT2D eigenvalue weighted by molar-refractivity contribution is -0.145. The third kappa shape index (κ3) is 6.95. The van der Waals surface area contributed by atoms with E-state index in [1.165, 1.54) is 7.11 Å². The molecule has 0 bridgehead atoms. The molecule has 0 unspecified atom stereocenters. The molecule has 0 saturated carbocycles. The summed E-state index contributed by atoms with van der Waals surface area (Å²) >= 11 is 0. The molecule has 2 rings (SSSR count). The molecule has 0 radical (unpaired) electrons. The highest BCUT2D eigenvalue weighted by atomic mass is 16.5. The fraction of sp³-hybridized carbons (Fsp3) is 0.318. The van der Waals surface area contributed by atoms with Gasteiger partial charge in [0.15, 0.2) is 6.61 Å². The lowest BCUT2D eigenvalue weighted by Gasteiger charge is -2.18. The molecule has 0 saturated heterocycles. The number of rotatable bonds is 9. The number of carbonyl (C=O) groups is 3. The van der Waals surface area contributed by atoms with Crippen molar-refractivity contribution >= 4 is 17.8 Å². The molecule has 29 heavy (non-hydrogen) atoms. The van der Waals surface area contributed by atoms with Crippen LogP contribution in [0, 0.1) is 5.92 Å². The second-order valence-corrected chi connectivity index (χ2v) is 6.76. The predicted octanol–water partition coefficient (Wildman–Crippen LogP) is 3.34. The molecule has 1 atom stereocenters. The van der Waals surface area contributed by atoms with Crippen LogP contribution in [0.4, 0.5) is 0 Å². The molecule has 154 valence electrons. The fourth-order valence-electron chi connectivity index (χ4n) is 2.61. The second-order valence-electron chi connectivity index (χ2n) is 6.76. The van der Waals surface area contributed by atoms with Crippen molar-refractivity contribution in [3.05, 3.63) is 60.2 Å². The molecule has 7 nitrogen and oxygen atoms in total. The topological polar surface area (TPSA) is 90.9 Å². The van der Waals surface area contributed by atoms with Gasteiger partial charge < -0.3 is 19.5 Å². The Morgan fingerprint density at radius 3 is 2.28 bits per heavy atom. The number of methoxy groups -OCH3 is 1. The van der Waals surface area contributed by atoms with Crippen molar-refractivity contribution in [1.82, 2.24) is 5.32 Å². The number of nitrogens with one attached hydrogen (secondary N) is 1. The van der Waals surface area contributed by atoms with E-state index in [0.29, 0.717) is 17.9 Å². The Morgan fingerprint density at radius 2 is 1.62 bits per heavy atom. The Hall–Kier alpha value is -3.35. The van der Waals surface area contributed by atoms with Gasteiger partial charge in [-0.3, -0.25) is 4.79 Å². The summed E-state index contributed by atoms with van der Waals surface area (Å²) in [5, 5.41) is 2.54. The first kappa shape index (κ1) is 21.9. The molecule has 0 fully saturated rings. The Kier molecular flexibility index (Phi) is 8.21. The van der Waals surface area contributed by atoms with Crippen LogP contribution in [0.25, 0.3) is 0 Å². The van der Waals surface area contributed by atoms with Gasteiger partial charge in [0, 0.05) is 0 Å². The highest BCUT2D eigenvalue weighted by Crippen LogP contribution is 2.25. The van der Waals surface area contributed by atoms with E-state index >= 15 is 0 Å². The van der Waals surface area contributed by atoms with Gasteiger partial charge in [-0.15, -0.1) is 0 Å². The van der Waals surface area contributed by atoms with Crippen molar-refractivity contribution in [2.45, 2.75) is 26.3 Å². The minimum atomic E-state index is -0.792. The first-order chi connectivity index (χ1) is 13.9. The number of benzene rings is 2. The van der Waals surface area contributed by atoms with Gasteiger partial charge in [0.25, 0.3) is 5.91 Å². The Balaban J connectivity index is 1.98. The molecule has 1 amide bonds. The molecule has 7 heteroatoms. The zero-order chi connectivity index (χ0) is 21.2. The number of para-hydroxylation sites is 2. The maximum absolute atomic E-state index is 12.4. The van der Waals surface area contributed by atoms with E-state index < -0.39 is 30.5 Å². The summed E-state index contributed by atoms with van der Waals surface area (Å²) in [5.41, 5.74) is 0.191. The summed E-state index contributed by atoms with van der Waals surface area (Å²) in [6, 6.07) is 14.8. The number of ether oxygens (including phenoxy) is 3. The van der Waals surface area contributed by atoms with Crippen LogP contribution < -0.4 is 10.1 Å². The summed E-state index contributed by atoms with van der Waals surface area (Å²) in [5.74, 6) is -0.776. The van der Waals surface area contributed by atoms with Crippen LogP contribution in [0.2, 0.25) is 0 Å². The number of hydrogen-bond donors (Lipinski definition) is 1. The summed E-state index contributed by atoms with van der Waals surface area (Å²) < 4.78 is 15.5. The molecule has 0 spiro atoms. The third-order valence-corrected chi connectivity index (χ3v) is 3.94. The van der Waals surface area contributed by atoms with Gasteiger partial charge in [-0.2, -0.15) is 0 Å². The largest absolute Gasteiger partial charge is 0.467 e. The average Bonchev–Trinajstić information content (AvgIpc) is 2.71. The molecule has 0 heterocycles. The highest BCUT2D eigenvalue weighted by Gasteiger charge is 2.23. The van der Waals surface area contributed by atoms with Gasteiger partial charge in [-0.1, -0.05) is 44.2 Å². The number of esters is 2. The Labute approximate surface area is 170 Å². The molecular formula is C22H25NO6. The maximum Gasteiger partial charge on any atom is 0.342 e. The molecule has 0 aliphatic carbocycles. The van der Waals surface area contributed by atoms with E-state index in [4.69, 9.17) is 14.2 Å². The third-order valence-electron chi connectivity index (χ3n) is 3.94. The van der Waals surface area contributed by atoms with Crippen LogP contribution >= 0.6 is 0 Å². The summed E-state index contributed by atoms with van der Waals surface area (Å²) in [4.78, 5) is 36.4. The fourth-order valence-corrected chi connectivity index (χ4v) is 2.61. The number of hydrogen-bond acceptors (Lipinski definition) is 6. The second kappa shape index (κ2) is 10.8. The molecule has 2 aromatic carbocycles. The average molecular weight is 399 g/mol. The minimum absolute atomic E-state index is 0.170. The number of amides is 1. The van der Waals surface area contributed by atoms with E-state index in [1.54, 1.807) is 36.4 Å². The monoisotopic (exact) mass is 399 g/mol. The molecule has 0 aromatic heterocycles. The van der Waals surface area contributed by atoms with Gasteiger partial charge in [-0.05, 0) is 36.6 Å². The van der Waals surface area contributed by atoms with Crippen molar-refractivity contribution in [3.63, 3.8) is 0 Å². The summed E-state index contributed by atoms with van der Waals surface area (Å²) in [6.45, 7) is 3.32. The van der Waals surface area contributed by atoms with E-state index in [1.807, 2.05) is 32.0 Å². The lowest BCUT2D eigenvalue weighted by atomic mass is 10.0. The number of carbonyl (C=O) groups excluding carboxylic acids is 3. The molecule has 0 aliphatic heterocycles. The minimum Gasteiger partial charge on any atom is -0.467 e. The van der Waals surface area contributed by atoms with Crippen molar-refractivity contribution in [2.24, 2.45) is 5.92 Å². The van der Waals surface area contributed by atoms with Gasteiger partial charge in [0.2, 0.25) is 0 Å². The first-order valence-corrected chi connectivity index (χ1v) is 9.27. The van der Waals surface area contributed by atoms with E-state index in [2.05, 4.69) is 5.32 Å². The van der Waals surface area contributed by atoms with Gasteiger partial charge >= 0.3 is 11.9 Å². The van der Waals surface area contributed by atoms with E-state index in [0.717, 1.165) is 0 Å². The van der Waals surface area contributed by atoms with Gasteiger partial charge in [0.05, 0.1) is 7.11 Å². The zero-order valence-electron chi connectivity index (χ0n) is 16.7. The van der Waals surface area contributed by atoms with E-state index in [-0.39, 0.29) is 11.5 Å².